The number of aliphatic hydroxyl groups excluding tert-OH is 1. The van der Waals surface area contributed by atoms with E-state index in [1.165, 1.54) is 0 Å². The maximum absolute atomic E-state index is 10.6. The van der Waals surface area contributed by atoms with Gasteiger partial charge in [0, 0.05) is 24.8 Å². The third-order valence-corrected chi connectivity index (χ3v) is 1.63. The second-order valence-corrected chi connectivity index (χ2v) is 2.69. The van der Waals surface area contributed by atoms with Gasteiger partial charge in [-0.05, 0) is 24.5 Å². The van der Waals surface area contributed by atoms with E-state index in [9.17, 15) is 4.79 Å². The number of hydrogen-bond donors (Lipinski definition) is 1. The van der Waals surface area contributed by atoms with Crippen molar-refractivity contribution in [3.63, 3.8) is 0 Å². The largest absolute Gasteiger partial charge is 0.396 e. The van der Waals surface area contributed by atoms with E-state index >= 15 is 0 Å². The normalized spacial score (nSPS) is 8.93. The summed E-state index contributed by atoms with van der Waals surface area (Å²) in [5, 5.41) is 8.52. The molecule has 0 atom stereocenters. The van der Waals surface area contributed by atoms with Crippen molar-refractivity contribution in [1.29, 1.82) is 0 Å². The quantitative estimate of drug-likeness (QED) is 0.438. The molecule has 0 aliphatic carbocycles. The van der Waals surface area contributed by atoms with Crippen molar-refractivity contribution >= 4 is 6.29 Å². The highest BCUT2D eigenvalue weighted by Crippen LogP contribution is 1.99. The fourth-order valence-corrected chi connectivity index (χ4v) is 0.931. The number of aldehydes is 1. The predicted molar refractivity (Wildman–Crippen MR) is 52.8 cm³/mol. The van der Waals surface area contributed by atoms with Gasteiger partial charge in [0.05, 0.1) is 0 Å². The molecule has 0 saturated heterocycles. The van der Waals surface area contributed by atoms with Crippen LogP contribution in [0.2, 0.25) is 0 Å². The van der Waals surface area contributed by atoms with E-state index in [1.54, 1.807) is 18.3 Å². The van der Waals surface area contributed by atoms with Gasteiger partial charge in [-0.2, -0.15) is 0 Å². The summed E-state index contributed by atoms with van der Waals surface area (Å²) >= 11 is 0. The summed E-state index contributed by atoms with van der Waals surface area (Å²) in [7, 11) is 0. The number of rotatable bonds is 3. The molecule has 14 heavy (non-hydrogen) atoms. The van der Waals surface area contributed by atoms with Gasteiger partial charge in [0.2, 0.25) is 0 Å². The van der Waals surface area contributed by atoms with Crippen LogP contribution < -0.4 is 0 Å². The van der Waals surface area contributed by atoms with Gasteiger partial charge in [0.1, 0.15) is 5.69 Å². The van der Waals surface area contributed by atoms with Crippen molar-refractivity contribution in [2.24, 2.45) is 0 Å². The molecule has 0 unspecified atom stereocenters. The van der Waals surface area contributed by atoms with Crippen molar-refractivity contribution in [2.45, 2.75) is 12.8 Å². The molecule has 0 fully saturated rings. The Kier molecular flexibility index (Phi) is 4.39. The van der Waals surface area contributed by atoms with Crippen molar-refractivity contribution < 1.29 is 9.90 Å². The average molecular weight is 189 g/mol. The number of hydrogen-bond acceptors (Lipinski definition) is 3. The van der Waals surface area contributed by atoms with E-state index in [0.717, 1.165) is 6.29 Å². The smallest absolute Gasteiger partial charge is 0.152 e. The minimum atomic E-state index is 0.136. The molecule has 1 aromatic heterocycles. The highest BCUT2D eigenvalue weighted by Gasteiger charge is 1.96. The second-order valence-electron chi connectivity index (χ2n) is 2.69. The summed E-state index contributed by atoms with van der Waals surface area (Å²) in [5.74, 6) is 5.64. The Morgan fingerprint density at radius 2 is 2.43 bits per heavy atom. The molecule has 3 nitrogen and oxygen atoms in total. The number of carbonyl (C=O) groups excluding carboxylic acids is 1. The molecule has 1 N–H and O–H groups in total. The first-order chi connectivity index (χ1) is 6.88. The van der Waals surface area contributed by atoms with E-state index < -0.39 is 0 Å². The molecule has 0 spiro atoms. The highest BCUT2D eigenvalue weighted by atomic mass is 16.2. The van der Waals surface area contributed by atoms with Gasteiger partial charge in [0.25, 0.3) is 0 Å². The van der Waals surface area contributed by atoms with E-state index in [1.807, 2.05) is 0 Å². The Labute approximate surface area is 82.8 Å². The zero-order chi connectivity index (χ0) is 10.2. The van der Waals surface area contributed by atoms with Crippen LogP contribution in [0.4, 0.5) is 0 Å². The lowest BCUT2D eigenvalue weighted by Gasteiger charge is -1.92. The van der Waals surface area contributed by atoms with E-state index in [0.29, 0.717) is 24.1 Å². The summed E-state index contributed by atoms with van der Waals surface area (Å²) in [6.07, 6.45) is 3.60. The third-order valence-electron chi connectivity index (χ3n) is 1.63. The molecule has 1 rings (SSSR count). The van der Waals surface area contributed by atoms with Crippen LogP contribution in [0.3, 0.4) is 0 Å². The van der Waals surface area contributed by atoms with Gasteiger partial charge in [-0.1, -0.05) is 5.92 Å². The van der Waals surface area contributed by atoms with Gasteiger partial charge < -0.3 is 5.11 Å². The van der Waals surface area contributed by atoms with E-state index in [2.05, 4.69) is 16.8 Å². The molecular weight excluding hydrogens is 178 g/mol. The lowest BCUT2D eigenvalue weighted by molar-refractivity contribution is 0.112. The summed E-state index contributed by atoms with van der Waals surface area (Å²) in [6.45, 7) is 0.136. The molecule has 0 saturated carbocycles. The Morgan fingerprint density at radius 1 is 1.57 bits per heavy atom. The van der Waals surface area contributed by atoms with Gasteiger partial charge >= 0.3 is 0 Å². The van der Waals surface area contributed by atoms with Gasteiger partial charge in [0.15, 0.2) is 6.29 Å². The van der Waals surface area contributed by atoms with Crippen molar-refractivity contribution in [2.75, 3.05) is 6.61 Å². The van der Waals surface area contributed by atoms with Crippen LogP contribution in [-0.2, 0) is 0 Å². The molecule has 1 aromatic rings. The number of carbonyl (C=O) groups is 1. The van der Waals surface area contributed by atoms with Crippen molar-refractivity contribution in [3.8, 4) is 11.8 Å². The summed E-state index contributed by atoms with van der Waals surface area (Å²) < 4.78 is 0. The van der Waals surface area contributed by atoms with Gasteiger partial charge in [-0.25, -0.2) is 4.98 Å². The maximum atomic E-state index is 10.6. The fraction of sp³-hybridized carbons (Fsp3) is 0.273. The number of nitrogens with zero attached hydrogens (tertiary/aromatic N) is 1. The van der Waals surface area contributed by atoms with Crippen LogP contribution in [0.25, 0.3) is 0 Å². The second kappa shape index (κ2) is 5.90. The minimum Gasteiger partial charge on any atom is -0.396 e. The SMILES string of the molecule is O=Cc1cccnc1C#CCCCO. The van der Waals surface area contributed by atoms with E-state index in [-0.39, 0.29) is 6.61 Å². The molecule has 72 valence electrons. The van der Waals surface area contributed by atoms with Crippen molar-refractivity contribution in [3.05, 3.63) is 29.6 Å². The topological polar surface area (TPSA) is 50.2 Å². The molecule has 3 heteroatoms. The maximum Gasteiger partial charge on any atom is 0.152 e. The molecule has 0 bridgehead atoms. The summed E-state index contributed by atoms with van der Waals surface area (Å²) in [5.41, 5.74) is 1.00. The third kappa shape index (κ3) is 3.00. The molecule has 1 heterocycles. The van der Waals surface area contributed by atoms with Crippen LogP contribution in [-0.4, -0.2) is 23.0 Å². The zero-order valence-corrected chi connectivity index (χ0v) is 7.73. The Hall–Kier alpha value is -1.66. The van der Waals surface area contributed by atoms with Crippen LogP contribution in [0.5, 0.6) is 0 Å². The van der Waals surface area contributed by atoms with Crippen LogP contribution in [0.15, 0.2) is 18.3 Å². The average Bonchev–Trinajstić information content (AvgIpc) is 2.25. The minimum absolute atomic E-state index is 0.136. The monoisotopic (exact) mass is 189 g/mol. The van der Waals surface area contributed by atoms with Crippen LogP contribution in [0, 0.1) is 11.8 Å². The molecule has 0 radical (unpaired) electrons. The van der Waals surface area contributed by atoms with Crippen LogP contribution >= 0.6 is 0 Å². The predicted octanol–water partition coefficient (Wildman–Crippen LogP) is 1.02. The first-order valence-corrected chi connectivity index (χ1v) is 4.38. The first kappa shape index (κ1) is 10.4. The van der Waals surface area contributed by atoms with Crippen LogP contribution in [0.1, 0.15) is 28.9 Å². The Morgan fingerprint density at radius 3 is 3.14 bits per heavy atom. The molecule has 0 aliphatic rings. The lowest BCUT2D eigenvalue weighted by Crippen LogP contribution is -1.90. The van der Waals surface area contributed by atoms with Gasteiger partial charge in [-0.15, -0.1) is 0 Å². The standard InChI is InChI=1S/C11H11NO2/c13-8-3-1-2-6-11-10(9-14)5-4-7-12-11/h4-5,7,9,13H,1,3,8H2. The number of aromatic nitrogens is 1. The number of unbranched alkanes of at least 4 members (excludes halogenated alkanes) is 1. The Bertz CT molecular complexity index is 363. The summed E-state index contributed by atoms with van der Waals surface area (Å²) in [6, 6.07) is 3.37. The van der Waals surface area contributed by atoms with Crippen molar-refractivity contribution in [1.82, 2.24) is 4.98 Å². The molecular formula is C11H11NO2. The van der Waals surface area contributed by atoms with E-state index in [4.69, 9.17) is 5.11 Å². The molecule has 0 amide bonds. The fourth-order valence-electron chi connectivity index (χ4n) is 0.931. The zero-order valence-electron chi connectivity index (χ0n) is 7.73. The number of aliphatic hydroxyl groups is 1. The Balaban J connectivity index is 2.73. The highest BCUT2D eigenvalue weighted by molar-refractivity contribution is 5.78. The molecule has 0 aromatic carbocycles. The first-order valence-electron chi connectivity index (χ1n) is 4.38. The van der Waals surface area contributed by atoms with Gasteiger partial charge in [-0.3, -0.25) is 4.79 Å². The number of pyridine rings is 1. The lowest BCUT2D eigenvalue weighted by atomic mass is 10.2. The summed E-state index contributed by atoms with van der Waals surface area (Å²) in [4.78, 5) is 14.5. The molecule has 0 aliphatic heterocycles.